The van der Waals surface area contributed by atoms with Gasteiger partial charge in [-0.05, 0) is 78.6 Å². The van der Waals surface area contributed by atoms with E-state index < -0.39 is 10.0 Å². The molecule has 2 aromatic rings. The van der Waals surface area contributed by atoms with Crippen molar-refractivity contribution in [1.29, 1.82) is 0 Å². The van der Waals surface area contributed by atoms with E-state index in [2.05, 4.69) is 27.9 Å². The largest absolute Gasteiger partial charge is 0.326 e. The molecule has 1 aliphatic heterocycles. The number of carbonyl (C=O) groups excluding carboxylic acids is 1. The Morgan fingerprint density at radius 3 is 2.50 bits per heavy atom. The lowest BCUT2D eigenvalue weighted by molar-refractivity contribution is -0.120. The van der Waals surface area contributed by atoms with Crippen molar-refractivity contribution in [3.05, 3.63) is 62.7 Å². The van der Waals surface area contributed by atoms with Crippen molar-refractivity contribution in [2.75, 3.05) is 18.4 Å². The first-order valence-electron chi connectivity index (χ1n) is 9.35. The summed E-state index contributed by atoms with van der Waals surface area (Å²) >= 11 is 2.24. The van der Waals surface area contributed by atoms with Gasteiger partial charge in [0.05, 0.1) is 5.75 Å². The second kappa shape index (κ2) is 8.92. The Morgan fingerprint density at radius 2 is 1.86 bits per heavy atom. The third-order valence-corrected chi connectivity index (χ3v) is 7.62. The molecule has 0 atom stereocenters. The molecule has 1 fully saturated rings. The van der Waals surface area contributed by atoms with Crippen LogP contribution in [-0.4, -0.2) is 31.7 Å². The van der Waals surface area contributed by atoms with E-state index >= 15 is 0 Å². The number of carbonyl (C=O) groups is 1. The number of anilines is 1. The van der Waals surface area contributed by atoms with Gasteiger partial charge in [0.1, 0.15) is 0 Å². The van der Waals surface area contributed by atoms with E-state index in [-0.39, 0.29) is 17.6 Å². The second-order valence-electron chi connectivity index (χ2n) is 7.37. The van der Waals surface area contributed by atoms with Crippen molar-refractivity contribution in [1.82, 2.24) is 4.31 Å². The molecule has 1 saturated heterocycles. The summed E-state index contributed by atoms with van der Waals surface area (Å²) in [5.41, 5.74) is 3.70. The highest BCUT2D eigenvalue weighted by Gasteiger charge is 2.31. The molecule has 28 heavy (non-hydrogen) atoms. The van der Waals surface area contributed by atoms with E-state index in [4.69, 9.17) is 0 Å². The van der Waals surface area contributed by atoms with E-state index in [0.717, 1.165) is 25.9 Å². The summed E-state index contributed by atoms with van der Waals surface area (Å²) in [4.78, 5) is 12.6. The molecule has 1 N–H and O–H groups in total. The van der Waals surface area contributed by atoms with Crippen LogP contribution in [0.2, 0.25) is 0 Å². The molecule has 5 nitrogen and oxygen atoms in total. The van der Waals surface area contributed by atoms with Gasteiger partial charge in [-0.25, -0.2) is 12.7 Å². The lowest BCUT2D eigenvalue weighted by atomic mass is 9.97. The van der Waals surface area contributed by atoms with Crippen molar-refractivity contribution in [3.8, 4) is 0 Å². The number of sulfonamides is 1. The summed E-state index contributed by atoms with van der Waals surface area (Å²) in [6.07, 6.45) is 1.09. The molecule has 0 aromatic heterocycles. The van der Waals surface area contributed by atoms with Crippen LogP contribution in [0.5, 0.6) is 0 Å². The number of amides is 1. The molecular weight excluding hydrogens is 487 g/mol. The van der Waals surface area contributed by atoms with Crippen LogP contribution in [0.25, 0.3) is 0 Å². The molecule has 0 bridgehead atoms. The van der Waals surface area contributed by atoms with E-state index in [1.807, 2.05) is 56.3 Å². The second-order valence-corrected chi connectivity index (χ2v) is 10.6. The Morgan fingerprint density at radius 1 is 1.14 bits per heavy atom. The average molecular weight is 512 g/mol. The fourth-order valence-corrected chi connectivity index (χ4v) is 5.70. The highest BCUT2D eigenvalue weighted by Crippen LogP contribution is 2.24. The molecule has 2 aromatic carbocycles. The van der Waals surface area contributed by atoms with Gasteiger partial charge in [0.15, 0.2) is 0 Å². The fourth-order valence-electron chi connectivity index (χ4n) is 3.50. The fraction of sp³-hybridized carbons (Fsp3) is 0.381. The minimum absolute atomic E-state index is 0.00733. The third-order valence-electron chi connectivity index (χ3n) is 5.10. The van der Waals surface area contributed by atoms with Gasteiger partial charge in [-0.2, -0.15) is 0 Å². The highest BCUT2D eigenvalue weighted by molar-refractivity contribution is 14.1. The number of rotatable bonds is 5. The minimum Gasteiger partial charge on any atom is -0.326 e. The Hall–Kier alpha value is -1.45. The number of hydrogen-bond acceptors (Lipinski definition) is 3. The van der Waals surface area contributed by atoms with Gasteiger partial charge in [-0.15, -0.1) is 0 Å². The van der Waals surface area contributed by atoms with Crippen molar-refractivity contribution in [2.24, 2.45) is 5.92 Å². The lowest BCUT2D eigenvalue weighted by Gasteiger charge is -2.30. The number of hydrogen-bond donors (Lipinski definition) is 1. The molecule has 0 radical (unpaired) electrons. The number of benzene rings is 2. The van der Waals surface area contributed by atoms with Gasteiger partial charge in [0.25, 0.3) is 0 Å². The zero-order valence-electron chi connectivity index (χ0n) is 16.1. The van der Waals surface area contributed by atoms with Crippen LogP contribution in [0, 0.1) is 23.3 Å². The van der Waals surface area contributed by atoms with Gasteiger partial charge < -0.3 is 5.32 Å². The highest BCUT2D eigenvalue weighted by atomic mass is 127. The molecule has 0 saturated carbocycles. The van der Waals surface area contributed by atoms with Crippen LogP contribution in [0.15, 0.2) is 42.5 Å². The van der Waals surface area contributed by atoms with Crippen LogP contribution in [0.3, 0.4) is 0 Å². The Balaban J connectivity index is 1.58. The summed E-state index contributed by atoms with van der Waals surface area (Å²) in [5.74, 6) is -0.183. The molecule has 1 amide bonds. The number of piperidine rings is 1. The Kier molecular flexibility index (Phi) is 6.77. The topological polar surface area (TPSA) is 66.5 Å². The first kappa shape index (κ1) is 21.3. The predicted octanol–water partition coefficient (Wildman–Crippen LogP) is 4.09. The van der Waals surface area contributed by atoms with Crippen LogP contribution < -0.4 is 5.32 Å². The molecule has 1 heterocycles. The SMILES string of the molecule is Cc1cccc(CS(=O)(=O)N2CCC(C(=O)Nc3ccc(I)cc3C)CC2)c1. The smallest absolute Gasteiger partial charge is 0.227 e. The zero-order chi connectivity index (χ0) is 20.3. The first-order valence-corrected chi connectivity index (χ1v) is 12.0. The molecule has 150 valence electrons. The monoisotopic (exact) mass is 512 g/mol. The number of nitrogens with zero attached hydrogens (tertiary/aromatic N) is 1. The van der Waals surface area contributed by atoms with E-state index in [0.29, 0.717) is 25.9 Å². The molecule has 0 spiro atoms. The maximum atomic E-state index is 12.7. The van der Waals surface area contributed by atoms with Crippen LogP contribution >= 0.6 is 22.6 Å². The predicted molar refractivity (Wildman–Crippen MR) is 121 cm³/mol. The first-order chi connectivity index (χ1) is 13.2. The average Bonchev–Trinajstić information content (AvgIpc) is 2.64. The lowest BCUT2D eigenvalue weighted by Crippen LogP contribution is -2.41. The molecule has 0 unspecified atom stereocenters. The minimum atomic E-state index is -3.37. The molecule has 0 aliphatic carbocycles. The van der Waals surface area contributed by atoms with Crippen LogP contribution in [0.1, 0.15) is 29.5 Å². The summed E-state index contributed by atoms with van der Waals surface area (Å²) < 4.78 is 28.1. The van der Waals surface area contributed by atoms with E-state index in [1.54, 1.807) is 0 Å². The normalized spacial score (nSPS) is 16.1. The molecule has 3 rings (SSSR count). The van der Waals surface area contributed by atoms with E-state index in [9.17, 15) is 13.2 Å². The van der Waals surface area contributed by atoms with E-state index in [1.165, 1.54) is 4.31 Å². The van der Waals surface area contributed by atoms with Gasteiger partial charge in [-0.1, -0.05) is 29.8 Å². The summed E-state index contributed by atoms with van der Waals surface area (Å²) in [7, 11) is -3.37. The quantitative estimate of drug-likeness (QED) is 0.614. The summed E-state index contributed by atoms with van der Waals surface area (Å²) in [6, 6.07) is 13.5. The van der Waals surface area contributed by atoms with Gasteiger partial charge in [-0.3, -0.25) is 4.79 Å². The Bertz CT molecular complexity index is 967. The van der Waals surface area contributed by atoms with Gasteiger partial charge >= 0.3 is 0 Å². The molecule has 1 aliphatic rings. The summed E-state index contributed by atoms with van der Waals surface area (Å²) in [6.45, 7) is 4.70. The van der Waals surface area contributed by atoms with Crippen molar-refractivity contribution in [3.63, 3.8) is 0 Å². The standard InChI is InChI=1S/C21H25IN2O3S/c1-15-4-3-5-17(12-15)14-28(26,27)24-10-8-18(9-11-24)21(25)23-20-7-6-19(22)13-16(20)2/h3-7,12-13,18H,8-11,14H2,1-2H3,(H,23,25). The van der Waals surface area contributed by atoms with Gasteiger partial charge in [0.2, 0.25) is 15.9 Å². The number of aryl methyl sites for hydroxylation is 2. The van der Waals surface area contributed by atoms with Crippen LogP contribution in [-0.2, 0) is 20.6 Å². The summed E-state index contributed by atoms with van der Waals surface area (Å²) in [5, 5.41) is 3.00. The zero-order valence-corrected chi connectivity index (χ0v) is 19.1. The molecular formula is C21H25IN2O3S. The molecule has 7 heteroatoms. The maximum Gasteiger partial charge on any atom is 0.227 e. The Labute approximate surface area is 180 Å². The van der Waals surface area contributed by atoms with Crippen molar-refractivity contribution < 1.29 is 13.2 Å². The third kappa shape index (κ3) is 5.33. The number of halogens is 1. The van der Waals surface area contributed by atoms with Crippen LogP contribution in [0.4, 0.5) is 5.69 Å². The number of nitrogens with one attached hydrogen (secondary N) is 1. The maximum absolute atomic E-state index is 12.7. The van der Waals surface area contributed by atoms with Gasteiger partial charge in [0, 0.05) is 28.3 Å². The van der Waals surface area contributed by atoms with Crippen molar-refractivity contribution in [2.45, 2.75) is 32.4 Å². The van der Waals surface area contributed by atoms with Crippen molar-refractivity contribution >= 4 is 44.2 Å².